The third kappa shape index (κ3) is 2.94. The highest BCUT2D eigenvalue weighted by Gasteiger charge is 2.52. The molecule has 0 aliphatic carbocycles. The average molecular weight is 343 g/mol. The summed E-state index contributed by atoms with van der Waals surface area (Å²) >= 11 is 5.51. The number of hydrogen-bond donors (Lipinski definition) is 1. The molecule has 1 fully saturated rings. The normalized spacial score (nSPS) is 21.3. The molecule has 0 radical (unpaired) electrons. The van der Waals surface area contributed by atoms with Gasteiger partial charge >= 0.3 is 6.18 Å². The van der Waals surface area contributed by atoms with Gasteiger partial charge in [-0.3, -0.25) is 4.90 Å². The lowest BCUT2D eigenvalue weighted by Gasteiger charge is -2.53. The molecule has 2 atom stereocenters. The molecule has 1 heterocycles. The highest BCUT2D eigenvalue weighted by molar-refractivity contribution is 6.30. The Hall–Kier alpha value is -0.920. The van der Waals surface area contributed by atoms with Gasteiger partial charge < -0.3 is 5.73 Å². The van der Waals surface area contributed by atoms with E-state index in [1.807, 2.05) is 0 Å². The highest BCUT2D eigenvalue weighted by Crippen LogP contribution is 2.44. The molecular weight excluding hydrogens is 327 g/mol. The van der Waals surface area contributed by atoms with Crippen molar-refractivity contribution >= 4 is 11.6 Å². The molecule has 1 aliphatic heterocycles. The van der Waals surface area contributed by atoms with Gasteiger partial charge in [0.2, 0.25) is 0 Å². The Bertz CT molecular complexity index is 569. The fourth-order valence-corrected chi connectivity index (χ4v) is 2.89. The molecule has 1 saturated heterocycles. The topological polar surface area (TPSA) is 29.3 Å². The largest absolute Gasteiger partial charge is 0.403 e. The van der Waals surface area contributed by atoms with Crippen molar-refractivity contribution in [1.82, 2.24) is 4.90 Å². The molecule has 0 aromatic heterocycles. The monoisotopic (exact) mass is 342 g/mol. The molecule has 2 rings (SSSR count). The Morgan fingerprint density at radius 3 is 2.32 bits per heavy atom. The van der Waals surface area contributed by atoms with Crippen LogP contribution in [0.25, 0.3) is 0 Å². The Kier molecular flexibility index (Phi) is 4.45. The molecule has 1 aromatic rings. The number of halogens is 6. The van der Waals surface area contributed by atoms with Gasteiger partial charge in [-0.2, -0.15) is 13.2 Å². The maximum Gasteiger partial charge on any atom is 0.403 e. The van der Waals surface area contributed by atoms with Gasteiger partial charge in [-0.25, -0.2) is 8.78 Å². The standard InChI is InChI=1S/C14H16ClF5N2/c1-7(14(18,19)20)22-5-13(2,6-22)12(21)8-3-4-9(16)10(15)11(8)17/h3-4,7,12H,5-6,21H2,1-2H3. The van der Waals surface area contributed by atoms with Crippen molar-refractivity contribution in [3.05, 3.63) is 34.4 Å². The van der Waals surface area contributed by atoms with Crippen LogP contribution >= 0.6 is 11.6 Å². The van der Waals surface area contributed by atoms with Crippen LogP contribution < -0.4 is 5.73 Å². The summed E-state index contributed by atoms with van der Waals surface area (Å²) < 4.78 is 65.2. The van der Waals surface area contributed by atoms with Crippen LogP contribution in [0.3, 0.4) is 0 Å². The van der Waals surface area contributed by atoms with Crippen molar-refractivity contribution in [1.29, 1.82) is 0 Å². The number of likely N-dealkylation sites (tertiary alicyclic amines) is 1. The first-order valence-electron chi connectivity index (χ1n) is 6.67. The van der Waals surface area contributed by atoms with E-state index in [4.69, 9.17) is 17.3 Å². The van der Waals surface area contributed by atoms with Crippen molar-refractivity contribution in [2.45, 2.75) is 32.1 Å². The number of rotatable bonds is 3. The van der Waals surface area contributed by atoms with E-state index in [9.17, 15) is 22.0 Å². The molecule has 1 aromatic carbocycles. The van der Waals surface area contributed by atoms with Crippen LogP contribution in [0.4, 0.5) is 22.0 Å². The van der Waals surface area contributed by atoms with Gasteiger partial charge in [-0.1, -0.05) is 24.6 Å². The minimum absolute atomic E-state index is 0.00760. The van der Waals surface area contributed by atoms with Crippen molar-refractivity contribution in [3.8, 4) is 0 Å². The molecule has 2 nitrogen and oxygen atoms in total. The summed E-state index contributed by atoms with van der Waals surface area (Å²) in [7, 11) is 0. The minimum Gasteiger partial charge on any atom is -0.323 e. The fourth-order valence-electron chi connectivity index (χ4n) is 2.72. The van der Waals surface area contributed by atoms with Gasteiger partial charge in [0, 0.05) is 30.1 Å². The van der Waals surface area contributed by atoms with Crippen molar-refractivity contribution in [2.24, 2.45) is 11.1 Å². The lowest BCUT2D eigenvalue weighted by molar-refractivity contribution is -0.205. The smallest absolute Gasteiger partial charge is 0.323 e. The average Bonchev–Trinajstić information content (AvgIpc) is 2.39. The summed E-state index contributed by atoms with van der Waals surface area (Å²) in [4.78, 5) is 1.23. The molecule has 0 bridgehead atoms. The Labute approximate surface area is 130 Å². The summed E-state index contributed by atoms with van der Waals surface area (Å²) in [5.74, 6) is -1.86. The van der Waals surface area contributed by atoms with E-state index in [1.165, 1.54) is 11.0 Å². The van der Waals surface area contributed by atoms with Crippen molar-refractivity contribution in [2.75, 3.05) is 13.1 Å². The van der Waals surface area contributed by atoms with E-state index in [1.54, 1.807) is 6.92 Å². The number of benzene rings is 1. The molecule has 22 heavy (non-hydrogen) atoms. The SMILES string of the molecule is CC(N1CC(C)(C(N)c2ccc(F)c(Cl)c2F)C1)C(F)(F)F. The molecule has 0 spiro atoms. The number of alkyl halides is 3. The van der Waals surface area contributed by atoms with Crippen LogP contribution in [0.15, 0.2) is 12.1 Å². The highest BCUT2D eigenvalue weighted by atomic mass is 35.5. The lowest BCUT2D eigenvalue weighted by Crippen LogP contribution is -2.64. The van der Waals surface area contributed by atoms with E-state index >= 15 is 0 Å². The number of nitrogens with zero attached hydrogens (tertiary/aromatic N) is 1. The van der Waals surface area contributed by atoms with Gasteiger partial charge in [0.05, 0.1) is 0 Å². The molecule has 8 heteroatoms. The second kappa shape index (κ2) is 5.62. The molecule has 124 valence electrons. The Morgan fingerprint density at radius 1 is 1.27 bits per heavy atom. The molecule has 0 amide bonds. The van der Waals surface area contributed by atoms with Crippen molar-refractivity contribution in [3.63, 3.8) is 0 Å². The number of hydrogen-bond acceptors (Lipinski definition) is 2. The van der Waals surface area contributed by atoms with Crippen LogP contribution in [0.2, 0.25) is 5.02 Å². The number of nitrogens with two attached hydrogens (primary N) is 1. The van der Waals surface area contributed by atoms with E-state index in [-0.39, 0.29) is 18.7 Å². The first-order valence-corrected chi connectivity index (χ1v) is 7.05. The van der Waals surface area contributed by atoms with Crippen LogP contribution in [0, 0.1) is 17.0 Å². The predicted molar refractivity (Wildman–Crippen MR) is 73.5 cm³/mol. The van der Waals surface area contributed by atoms with Gasteiger partial charge in [-0.15, -0.1) is 0 Å². The van der Waals surface area contributed by atoms with Crippen LogP contribution in [-0.2, 0) is 0 Å². The Balaban J connectivity index is 2.15. The fraction of sp³-hybridized carbons (Fsp3) is 0.571. The van der Waals surface area contributed by atoms with Gasteiger partial charge in [0.1, 0.15) is 22.7 Å². The molecule has 2 unspecified atom stereocenters. The minimum atomic E-state index is -4.32. The molecule has 2 N–H and O–H groups in total. The zero-order valence-corrected chi connectivity index (χ0v) is 12.8. The summed E-state index contributed by atoms with van der Waals surface area (Å²) in [5.41, 5.74) is 5.27. The zero-order valence-electron chi connectivity index (χ0n) is 12.0. The maximum atomic E-state index is 14.0. The predicted octanol–water partition coefficient (Wildman–Crippen LogP) is 3.89. The van der Waals surface area contributed by atoms with Gasteiger partial charge in [-0.05, 0) is 13.0 Å². The van der Waals surface area contributed by atoms with E-state index < -0.39 is 40.3 Å². The van der Waals surface area contributed by atoms with Crippen LogP contribution in [-0.4, -0.2) is 30.2 Å². The van der Waals surface area contributed by atoms with Crippen molar-refractivity contribution < 1.29 is 22.0 Å². The van der Waals surface area contributed by atoms with E-state index in [0.717, 1.165) is 13.0 Å². The van der Waals surface area contributed by atoms with Gasteiger partial charge in [0.15, 0.2) is 0 Å². The first kappa shape index (κ1) is 17.4. The lowest BCUT2D eigenvalue weighted by atomic mass is 9.72. The Morgan fingerprint density at radius 2 is 1.82 bits per heavy atom. The molecule has 1 aliphatic rings. The summed E-state index contributed by atoms with van der Waals surface area (Å²) in [5, 5.41) is -0.656. The first-order chi connectivity index (χ1) is 9.97. The second-order valence-corrected chi connectivity index (χ2v) is 6.40. The molecule has 0 saturated carbocycles. The summed E-state index contributed by atoms with van der Waals surface area (Å²) in [6, 6.07) is -0.280. The quantitative estimate of drug-likeness (QED) is 0.667. The third-order valence-electron chi connectivity index (χ3n) is 4.30. The van der Waals surface area contributed by atoms with Crippen LogP contribution in [0.1, 0.15) is 25.5 Å². The summed E-state index contributed by atoms with van der Waals surface area (Å²) in [6.07, 6.45) is -4.32. The van der Waals surface area contributed by atoms with E-state index in [2.05, 4.69) is 0 Å². The second-order valence-electron chi connectivity index (χ2n) is 6.02. The molecular formula is C14H16ClF5N2. The zero-order chi connectivity index (χ0) is 16.9. The van der Waals surface area contributed by atoms with Crippen LogP contribution in [0.5, 0.6) is 0 Å². The van der Waals surface area contributed by atoms with E-state index in [0.29, 0.717) is 0 Å². The van der Waals surface area contributed by atoms with Gasteiger partial charge in [0.25, 0.3) is 0 Å². The summed E-state index contributed by atoms with van der Waals surface area (Å²) in [6.45, 7) is 2.89. The maximum absolute atomic E-state index is 14.0. The third-order valence-corrected chi connectivity index (χ3v) is 4.65.